The maximum Gasteiger partial charge on any atom is 0.267 e. The molecular weight excluding hydrogens is 392 g/mol. The number of nitrogens with zero attached hydrogens (tertiary/aromatic N) is 1. The number of fused-ring (bicyclic) bond motifs is 1. The maximum atomic E-state index is 12.8. The number of hydrogen-bond acceptors (Lipinski definition) is 4. The molecule has 4 rings (SSSR count). The summed E-state index contributed by atoms with van der Waals surface area (Å²) in [5.74, 6) is 0.997. The molecule has 2 amide bonds. The molecular formula is C25H24N2O4. The Morgan fingerprint density at radius 3 is 2.65 bits per heavy atom. The molecule has 3 aromatic carbocycles. The van der Waals surface area contributed by atoms with Crippen LogP contribution in [0, 0.1) is 6.92 Å². The second-order valence-electron chi connectivity index (χ2n) is 7.42. The van der Waals surface area contributed by atoms with Gasteiger partial charge in [0.1, 0.15) is 18.1 Å². The Balaban J connectivity index is 1.51. The van der Waals surface area contributed by atoms with Gasteiger partial charge in [-0.1, -0.05) is 30.3 Å². The lowest BCUT2D eigenvalue weighted by molar-refractivity contribution is -0.125. The van der Waals surface area contributed by atoms with Crippen LogP contribution in [0.1, 0.15) is 22.8 Å². The first-order valence-corrected chi connectivity index (χ1v) is 10.2. The Labute approximate surface area is 181 Å². The zero-order valence-electron chi connectivity index (χ0n) is 17.5. The zero-order valence-corrected chi connectivity index (χ0v) is 17.5. The largest absolute Gasteiger partial charge is 0.492 e. The van der Waals surface area contributed by atoms with Crippen molar-refractivity contribution in [2.24, 2.45) is 0 Å². The number of nitrogens with one attached hydrogen (secondary N) is 1. The highest BCUT2D eigenvalue weighted by Crippen LogP contribution is 2.36. The summed E-state index contributed by atoms with van der Waals surface area (Å²) < 4.78 is 11.6. The fraction of sp³-hybridized carbons (Fsp3) is 0.200. The van der Waals surface area contributed by atoms with E-state index in [1.54, 1.807) is 42.2 Å². The van der Waals surface area contributed by atoms with Gasteiger partial charge in [-0.15, -0.1) is 0 Å². The van der Waals surface area contributed by atoms with E-state index < -0.39 is 6.10 Å². The first-order chi connectivity index (χ1) is 15.0. The van der Waals surface area contributed by atoms with Crippen molar-refractivity contribution in [1.29, 1.82) is 0 Å². The Kier molecular flexibility index (Phi) is 5.89. The minimum Gasteiger partial charge on any atom is -0.492 e. The van der Waals surface area contributed by atoms with E-state index in [4.69, 9.17) is 9.47 Å². The number of benzene rings is 3. The number of rotatable bonds is 6. The first-order valence-electron chi connectivity index (χ1n) is 10.2. The van der Waals surface area contributed by atoms with Crippen molar-refractivity contribution in [3.63, 3.8) is 0 Å². The molecule has 158 valence electrons. The smallest absolute Gasteiger partial charge is 0.267 e. The van der Waals surface area contributed by atoms with Gasteiger partial charge in [-0.3, -0.25) is 9.59 Å². The van der Waals surface area contributed by atoms with E-state index in [1.165, 1.54) is 0 Å². The molecule has 1 aliphatic rings. The third-order valence-electron chi connectivity index (χ3n) is 5.03. The molecule has 0 radical (unpaired) electrons. The lowest BCUT2D eigenvalue weighted by atomic mass is 10.1. The highest BCUT2D eigenvalue weighted by atomic mass is 16.5. The molecule has 0 aliphatic carbocycles. The summed E-state index contributed by atoms with van der Waals surface area (Å²) in [6.07, 6.45) is -0.587. The average Bonchev–Trinajstić information content (AvgIpc) is 2.77. The van der Waals surface area contributed by atoms with Crippen molar-refractivity contribution >= 4 is 23.2 Å². The summed E-state index contributed by atoms with van der Waals surface area (Å²) >= 11 is 0. The molecule has 0 bridgehead atoms. The minimum atomic E-state index is -0.587. The van der Waals surface area contributed by atoms with Crippen molar-refractivity contribution in [2.75, 3.05) is 23.4 Å². The zero-order chi connectivity index (χ0) is 21.8. The summed E-state index contributed by atoms with van der Waals surface area (Å²) in [6.45, 7) is 4.43. The Hall–Kier alpha value is -3.80. The molecule has 1 unspecified atom stereocenters. The fourth-order valence-electron chi connectivity index (χ4n) is 3.47. The van der Waals surface area contributed by atoms with Crippen LogP contribution in [0.5, 0.6) is 11.5 Å². The number of carbonyl (C=O) groups is 2. The third kappa shape index (κ3) is 4.69. The van der Waals surface area contributed by atoms with Crippen LogP contribution in [-0.2, 0) is 4.79 Å². The van der Waals surface area contributed by atoms with E-state index in [0.717, 1.165) is 11.3 Å². The van der Waals surface area contributed by atoms with Crippen molar-refractivity contribution in [3.8, 4) is 11.5 Å². The highest BCUT2D eigenvalue weighted by Gasteiger charge is 2.31. The van der Waals surface area contributed by atoms with Crippen molar-refractivity contribution in [3.05, 3.63) is 83.9 Å². The molecule has 1 aliphatic heterocycles. The molecule has 6 nitrogen and oxygen atoms in total. The number of carbonyl (C=O) groups excluding carboxylic acids is 2. The molecule has 6 heteroatoms. The second kappa shape index (κ2) is 8.92. The van der Waals surface area contributed by atoms with Crippen LogP contribution < -0.4 is 19.7 Å². The van der Waals surface area contributed by atoms with Gasteiger partial charge in [-0.2, -0.15) is 0 Å². The van der Waals surface area contributed by atoms with Crippen LogP contribution in [0.4, 0.5) is 11.4 Å². The predicted molar refractivity (Wildman–Crippen MR) is 120 cm³/mol. The maximum absolute atomic E-state index is 12.8. The Morgan fingerprint density at radius 1 is 1.06 bits per heavy atom. The van der Waals surface area contributed by atoms with Gasteiger partial charge in [-0.05, 0) is 61.9 Å². The summed E-state index contributed by atoms with van der Waals surface area (Å²) in [7, 11) is 0. The monoisotopic (exact) mass is 416 g/mol. The number of ether oxygens (including phenoxy) is 2. The van der Waals surface area contributed by atoms with Crippen LogP contribution in [0.25, 0.3) is 0 Å². The lowest BCUT2D eigenvalue weighted by Crippen LogP contribution is -2.46. The van der Waals surface area contributed by atoms with E-state index >= 15 is 0 Å². The van der Waals surface area contributed by atoms with Gasteiger partial charge < -0.3 is 19.7 Å². The van der Waals surface area contributed by atoms with Crippen molar-refractivity contribution < 1.29 is 19.1 Å². The highest BCUT2D eigenvalue weighted by molar-refractivity contribution is 6.05. The van der Waals surface area contributed by atoms with Crippen LogP contribution >= 0.6 is 0 Å². The molecule has 0 spiro atoms. The molecule has 1 N–H and O–H groups in total. The van der Waals surface area contributed by atoms with Gasteiger partial charge in [0.2, 0.25) is 0 Å². The molecule has 0 fully saturated rings. The predicted octanol–water partition coefficient (Wildman–Crippen LogP) is 4.44. The van der Waals surface area contributed by atoms with E-state index in [1.807, 2.05) is 49.4 Å². The topological polar surface area (TPSA) is 67.9 Å². The fourth-order valence-corrected chi connectivity index (χ4v) is 3.47. The standard InChI is InChI=1S/C25H24N2O4/c1-17-7-6-10-21(15-17)30-14-13-27-22-16-20(11-12-23(22)31-18(2)25(27)29)26-24(28)19-8-4-3-5-9-19/h3-12,15-16,18H,13-14H2,1-2H3,(H,26,28). The van der Waals surface area contributed by atoms with Gasteiger partial charge in [-0.25, -0.2) is 0 Å². The second-order valence-corrected chi connectivity index (χ2v) is 7.42. The van der Waals surface area contributed by atoms with Crippen LogP contribution in [0.3, 0.4) is 0 Å². The summed E-state index contributed by atoms with van der Waals surface area (Å²) in [5.41, 5.74) is 2.87. The van der Waals surface area contributed by atoms with Crippen molar-refractivity contribution in [1.82, 2.24) is 0 Å². The Morgan fingerprint density at radius 2 is 1.87 bits per heavy atom. The van der Waals surface area contributed by atoms with Gasteiger partial charge in [0.25, 0.3) is 11.8 Å². The molecule has 1 atom stereocenters. The number of hydrogen-bond donors (Lipinski definition) is 1. The molecule has 0 saturated carbocycles. The van der Waals surface area contributed by atoms with Gasteiger partial charge >= 0.3 is 0 Å². The quantitative estimate of drug-likeness (QED) is 0.645. The van der Waals surface area contributed by atoms with Gasteiger partial charge in [0, 0.05) is 11.3 Å². The summed E-state index contributed by atoms with van der Waals surface area (Å²) in [4.78, 5) is 26.9. The molecule has 1 heterocycles. The third-order valence-corrected chi connectivity index (χ3v) is 5.03. The number of aryl methyl sites for hydroxylation is 1. The minimum absolute atomic E-state index is 0.146. The molecule has 0 aromatic heterocycles. The Bertz CT molecular complexity index is 1100. The van der Waals surface area contributed by atoms with Gasteiger partial charge in [0.15, 0.2) is 6.10 Å². The summed E-state index contributed by atoms with van der Waals surface area (Å²) in [5, 5.41) is 2.88. The molecule has 31 heavy (non-hydrogen) atoms. The van der Waals surface area contributed by atoms with E-state index in [-0.39, 0.29) is 11.8 Å². The number of amides is 2. The number of anilines is 2. The van der Waals surface area contributed by atoms with Crippen LogP contribution in [0.2, 0.25) is 0 Å². The lowest BCUT2D eigenvalue weighted by Gasteiger charge is -2.33. The summed E-state index contributed by atoms with van der Waals surface area (Å²) in [6, 6.07) is 22.0. The van der Waals surface area contributed by atoms with E-state index in [0.29, 0.717) is 35.8 Å². The van der Waals surface area contributed by atoms with Gasteiger partial charge in [0.05, 0.1) is 12.2 Å². The van der Waals surface area contributed by atoms with Crippen LogP contribution in [0.15, 0.2) is 72.8 Å². The molecule has 3 aromatic rings. The SMILES string of the molecule is Cc1cccc(OCCN2C(=O)C(C)Oc3ccc(NC(=O)c4ccccc4)cc32)c1. The van der Waals surface area contributed by atoms with E-state index in [2.05, 4.69) is 5.32 Å². The normalized spacial score (nSPS) is 15.1. The average molecular weight is 416 g/mol. The molecule has 0 saturated heterocycles. The first kappa shape index (κ1) is 20.5. The van der Waals surface area contributed by atoms with Crippen molar-refractivity contribution in [2.45, 2.75) is 20.0 Å². The van der Waals surface area contributed by atoms with Crippen LogP contribution in [-0.4, -0.2) is 31.1 Å². The van der Waals surface area contributed by atoms with E-state index in [9.17, 15) is 9.59 Å².